The molecule has 86 heavy (non-hydrogen) atoms. The van der Waals surface area contributed by atoms with Crippen LogP contribution in [0.15, 0.2) is 103 Å². The third-order valence-electron chi connectivity index (χ3n) is 16.9. The van der Waals surface area contributed by atoms with Crippen LogP contribution in [0.2, 0.25) is 0 Å². The van der Waals surface area contributed by atoms with Gasteiger partial charge in [-0.2, -0.15) is 8.78 Å². The number of hydrogen-bond acceptors (Lipinski definition) is 10. The number of nitrogens with zero attached hydrogens (tertiary/aromatic N) is 3. The number of fused-ring (bicyclic) bond motifs is 3. The van der Waals surface area contributed by atoms with Crippen LogP contribution >= 0.6 is 7.60 Å². The van der Waals surface area contributed by atoms with Gasteiger partial charge in [0.15, 0.2) is 0 Å². The van der Waals surface area contributed by atoms with Crippen LogP contribution in [0.3, 0.4) is 0 Å². The van der Waals surface area contributed by atoms with E-state index >= 15 is 4.79 Å². The minimum absolute atomic E-state index is 0.00481. The Morgan fingerprint density at radius 3 is 2.20 bits per heavy atom. The maximum Gasteiger partial charge on any atom is 0.399 e. The molecule has 0 radical (unpaired) electrons. The lowest BCUT2D eigenvalue weighted by molar-refractivity contribution is -0.143. The van der Waals surface area contributed by atoms with Gasteiger partial charge in [-0.15, -0.1) is 0 Å². The number of benzene rings is 4. The van der Waals surface area contributed by atoms with Gasteiger partial charge in [-0.1, -0.05) is 84.6 Å². The molecule has 5 aliphatic rings. The molecule has 10 N–H and O–H groups in total. The summed E-state index contributed by atoms with van der Waals surface area (Å²) >= 11 is 0. The number of H-pyrrole nitrogens is 1. The number of carbonyl (C=O) groups excluding carboxylic acids is 9. The first-order valence-corrected chi connectivity index (χ1v) is 30.2. The fourth-order valence-electron chi connectivity index (χ4n) is 12.3. The number of amides is 10. The number of hydrogen-bond donors (Lipinski definition) is 9. The van der Waals surface area contributed by atoms with Crippen LogP contribution in [-0.4, -0.2) is 132 Å². The topological polar surface area (TPSA) is 323 Å². The van der Waals surface area contributed by atoms with Crippen LogP contribution in [0, 0.1) is 17.8 Å². The predicted molar refractivity (Wildman–Crippen MR) is 307 cm³/mol. The number of piperidine rings is 1. The van der Waals surface area contributed by atoms with Gasteiger partial charge in [0.05, 0.1) is 12.6 Å². The number of nitrogens with one attached hydrogen (secondary N) is 6. The molecule has 1 aromatic heterocycles. The fourth-order valence-corrected chi connectivity index (χ4v) is 12.7. The minimum Gasteiger partial charge on any atom is -0.370 e. The molecule has 4 aromatic carbocycles. The van der Waals surface area contributed by atoms with Crippen LogP contribution in [0.25, 0.3) is 10.9 Å². The number of rotatable bonds is 16. The largest absolute Gasteiger partial charge is 0.399 e. The Bertz CT molecular complexity index is 3560. The van der Waals surface area contributed by atoms with Gasteiger partial charge in [0.1, 0.15) is 29.9 Å². The second-order valence-electron chi connectivity index (χ2n) is 22.6. The molecule has 4 aliphatic heterocycles. The molecule has 0 bridgehead atoms. The molecule has 1 unspecified atom stereocenters. The predicted octanol–water partition coefficient (Wildman–Crippen LogP) is 4.69. The van der Waals surface area contributed by atoms with E-state index in [0.717, 1.165) is 47.7 Å². The molecule has 5 aromatic rings. The van der Waals surface area contributed by atoms with Gasteiger partial charge < -0.3 is 56.5 Å². The zero-order valence-corrected chi connectivity index (χ0v) is 47.5. The monoisotopic (exact) mass is 1200 g/mol. The van der Waals surface area contributed by atoms with Crippen molar-refractivity contribution in [1.82, 2.24) is 46.3 Å². The van der Waals surface area contributed by atoms with Gasteiger partial charge >= 0.3 is 19.3 Å². The Balaban J connectivity index is 0.831. The molecule has 1 aliphatic carbocycles. The SMILES string of the molecule is NC(=O)CC[C@H](NC(=O)[C@@H]1CC[C@@H]2CCN(C(=O)NC3CCC(CC#Cc4cccc5c4CN(C4CCC(=O)NC4=O)C5=O)CC3)C[C@H](NC(=O)c3cc4cc(C(F)(F)P(=O)(O)O)ccc4[nH]3)C(=O)N21)C(=O)NC(c1ccccc1)c1ccccc1. The molecule has 25 heteroatoms. The summed E-state index contributed by atoms with van der Waals surface area (Å²) in [6.45, 7) is -0.0939. The molecule has 4 fully saturated rings. The average molecular weight is 1200 g/mol. The Morgan fingerprint density at radius 1 is 0.814 bits per heavy atom. The number of aromatic nitrogens is 1. The molecule has 3 saturated heterocycles. The zero-order valence-electron chi connectivity index (χ0n) is 46.6. The molecule has 5 atom stereocenters. The van der Waals surface area contributed by atoms with Gasteiger partial charge in [0.25, 0.3) is 11.8 Å². The first kappa shape index (κ1) is 60.3. The fraction of sp³-hybridized carbons (Fsp3) is 0.393. The molecule has 450 valence electrons. The average Bonchev–Trinajstić information content (AvgIpc) is 2.99. The summed E-state index contributed by atoms with van der Waals surface area (Å²) in [7, 11) is -5.94. The van der Waals surface area contributed by atoms with Crippen molar-refractivity contribution in [3.63, 3.8) is 0 Å². The van der Waals surface area contributed by atoms with Crippen LogP contribution in [-0.2, 0) is 45.5 Å². The first-order valence-electron chi connectivity index (χ1n) is 28.6. The van der Waals surface area contributed by atoms with Gasteiger partial charge in [0, 0.05) is 72.0 Å². The molecule has 22 nitrogen and oxygen atoms in total. The van der Waals surface area contributed by atoms with E-state index in [1.54, 1.807) is 12.1 Å². The molecule has 10 rings (SSSR count). The van der Waals surface area contributed by atoms with E-state index in [-0.39, 0.29) is 98.5 Å². The number of primary amides is 1. The minimum atomic E-state index is -5.94. The quantitative estimate of drug-likeness (QED) is 0.0369. The van der Waals surface area contributed by atoms with Crippen molar-refractivity contribution in [2.24, 2.45) is 11.7 Å². The number of alkyl halides is 2. The second-order valence-corrected chi connectivity index (χ2v) is 24.2. The summed E-state index contributed by atoms with van der Waals surface area (Å²) in [5.41, 5.74) is 3.30. The molecular formula is C61H65F2N10O12P. The summed E-state index contributed by atoms with van der Waals surface area (Å²) in [4.78, 5) is 148. The number of halogens is 2. The molecule has 1 saturated carbocycles. The molecule has 5 heterocycles. The van der Waals surface area contributed by atoms with Crippen molar-refractivity contribution in [2.75, 3.05) is 13.1 Å². The Labute approximate surface area is 492 Å². The zero-order chi connectivity index (χ0) is 61.0. The third-order valence-corrected chi connectivity index (χ3v) is 17.9. The maximum atomic E-state index is 15.1. The van der Waals surface area contributed by atoms with Crippen molar-refractivity contribution in [3.05, 3.63) is 142 Å². The molecule has 0 spiro atoms. The van der Waals surface area contributed by atoms with Crippen LogP contribution in [0.5, 0.6) is 0 Å². The molecular weight excluding hydrogens is 1130 g/mol. The number of carbonyl (C=O) groups is 9. The lowest BCUT2D eigenvalue weighted by Gasteiger charge is -2.39. The lowest BCUT2D eigenvalue weighted by Crippen LogP contribution is -2.63. The van der Waals surface area contributed by atoms with E-state index in [0.29, 0.717) is 36.8 Å². The van der Waals surface area contributed by atoms with Gasteiger partial charge in [-0.3, -0.25) is 48.2 Å². The van der Waals surface area contributed by atoms with E-state index in [1.807, 2.05) is 66.7 Å². The van der Waals surface area contributed by atoms with Gasteiger partial charge in [-0.25, -0.2) is 4.79 Å². The highest BCUT2D eigenvalue weighted by molar-refractivity contribution is 7.52. The lowest BCUT2D eigenvalue weighted by atomic mass is 9.84. The van der Waals surface area contributed by atoms with Crippen molar-refractivity contribution in [3.8, 4) is 11.8 Å². The van der Waals surface area contributed by atoms with Crippen molar-refractivity contribution >= 4 is 71.8 Å². The van der Waals surface area contributed by atoms with Crippen molar-refractivity contribution in [1.29, 1.82) is 0 Å². The normalized spacial score (nSPS) is 21.9. The van der Waals surface area contributed by atoms with Crippen LogP contribution in [0.4, 0.5) is 13.6 Å². The summed E-state index contributed by atoms with van der Waals surface area (Å²) < 4.78 is 41.3. The van der Waals surface area contributed by atoms with Crippen LogP contribution in [0.1, 0.15) is 132 Å². The maximum absolute atomic E-state index is 15.1. The highest BCUT2D eigenvalue weighted by Gasteiger charge is 2.51. The summed E-state index contributed by atoms with van der Waals surface area (Å²) in [6, 6.07) is 20.7. The number of imide groups is 1. The highest BCUT2D eigenvalue weighted by Crippen LogP contribution is 2.59. The summed E-state index contributed by atoms with van der Waals surface area (Å²) in [5, 5.41) is 13.9. The standard InChI is InChI=1S/C61H65F2N10O12P/c62-61(63,86(83,84)85)40-19-23-45-39(31-40)32-47(66-45)55(77)68-48-34-71(60(82)65-41-20-17-35(18-21-41)9-7-14-36-15-8-16-43-44(36)33-72(58(43)80)49-26-28-52(75)69-56(49)78)30-29-42-22-25-50(73(42)59(48)81)57(79)67-46(24-27-51(64)74)54(76)70-53(37-10-3-1-4-11-37)38-12-5-2-6-13-38/h1-6,8,10-13,15-16,19,23,31-32,35,41-42,46,48-50,53,66H,9,17-18,20-22,24-30,33-34H2,(H2,64,74)(H,65,82)(H,67,79)(H,68,77)(H,70,76)(H,69,75,78)(H2,83,84,85)/t35?,41?,42-,46+,48+,49?,50+/m1/s1. The highest BCUT2D eigenvalue weighted by atomic mass is 31.2. The van der Waals surface area contributed by atoms with E-state index in [2.05, 4.69) is 43.4 Å². The van der Waals surface area contributed by atoms with Crippen molar-refractivity contribution < 1.29 is 66.3 Å². The third kappa shape index (κ3) is 13.2. The van der Waals surface area contributed by atoms with Crippen molar-refractivity contribution in [2.45, 2.75) is 132 Å². The van der Waals surface area contributed by atoms with E-state index in [9.17, 15) is 61.5 Å². The first-order chi connectivity index (χ1) is 41.1. The van der Waals surface area contributed by atoms with Gasteiger partial charge in [-0.05, 0) is 111 Å². The van der Waals surface area contributed by atoms with Crippen LogP contribution < -0.4 is 32.3 Å². The smallest absolute Gasteiger partial charge is 0.370 e. The summed E-state index contributed by atoms with van der Waals surface area (Å²) in [6.07, 6.45) is 3.80. The number of nitrogens with two attached hydrogens (primary N) is 1. The summed E-state index contributed by atoms with van der Waals surface area (Å²) in [5.74, 6) is 1.87. The van der Waals surface area contributed by atoms with E-state index in [1.165, 1.54) is 20.8 Å². The molecule has 10 amide bonds. The number of aromatic amines is 1. The Kier molecular flexibility index (Phi) is 17.8. The van der Waals surface area contributed by atoms with Gasteiger partial charge in [0.2, 0.25) is 35.4 Å². The second kappa shape index (κ2) is 25.4. The Hall–Kier alpha value is -8.78. The van der Waals surface area contributed by atoms with E-state index in [4.69, 9.17) is 5.73 Å². The van der Waals surface area contributed by atoms with E-state index < -0.39 is 96.5 Å². The Morgan fingerprint density at radius 2 is 1.52 bits per heavy atom. The number of urea groups is 1.